The number of hydrogen-bond donors (Lipinski definition) is 2. The fourth-order valence-electron chi connectivity index (χ4n) is 2.32. The first-order chi connectivity index (χ1) is 8.89. The number of rotatable bonds is 7. The highest BCUT2D eigenvalue weighted by Crippen LogP contribution is 2.16. The van der Waals surface area contributed by atoms with Crippen molar-refractivity contribution in [3.63, 3.8) is 0 Å². The van der Waals surface area contributed by atoms with Crippen molar-refractivity contribution in [3.8, 4) is 0 Å². The third-order valence-electron chi connectivity index (χ3n) is 3.87. The van der Waals surface area contributed by atoms with Crippen molar-refractivity contribution in [2.45, 2.75) is 58.2 Å². The number of carboxylic acid groups (broad SMARTS) is 1. The van der Waals surface area contributed by atoms with Crippen LogP contribution in [-0.2, 0) is 9.53 Å². The summed E-state index contributed by atoms with van der Waals surface area (Å²) in [6.07, 6.45) is 1.78. The Morgan fingerprint density at radius 1 is 1.53 bits per heavy atom. The minimum absolute atomic E-state index is 0.232. The van der Waals surface area contributed by atoms with Crippen LogP contribution >= 0.6 is 0 Å². The molecule has 1 saturated heterocycles. The highest BCUT2D eigenvalue weighted by atomic mass is 16.5. The number of morpholine rings is 1. The lowest BCUT2D eigenvalue weighted by Gasteiger charge is -2.38. The summed E-state index contributed by atoms with van der Waals surface area (Å²) in [5, 5.41) is 12.6. The SMILES string of the molecule is CCCNC(C)(CCN1CC(C)OCC1C)C(=O)O. The molecule has 0 radical (unpaired) electrons. The molecule has 1 aliphatic heterocycles. The number of ether oxygens (including phenoxy) is 1. The molecule has 5 heteroatoms. The Bertz CT molecular complexity index is 298. The van der Waals surface area contributed by atoms with Crippen molar-refractivity contribution in [2.75, 3.05) is 26.2 Å². The van der Waals surface area contributed by atoms with Gasteiger partial charge in [0.05, 0.1) is 12.7 Å². The predicted octanol–water partition coefficient (Wildman–Crippen LogP) is 1.33. The molecular formula is C14H28N2O3. The zero-order valence-corrected chi connectivity index (χ0v) is 12.6. The third kappa shape index (κ3) is 4.75. The van der Waals surface area contributed by atoms with Crippen LogP contribution in [0.4, 0.5) is 0 Å². The lowest BCUT2D eigenvalue weighted by atomic mass is 9.96. The van der Waals surface area contributed by atoms with E-state index in [1.807, 2.05) is 6.92 Å². The summed E-state index contributed by atoms with van der Waals surface area (Å²) < 4.78 is 5.59. The predicted molar refractivity (Wildman–Crippen MR) is 75.4 cm³/mol. The summed E-state index contributed by atoms with van der Waals surface area (Å²) in [7, 11) is 0. The fourth-order valence-corrected chi connectivity index (χ4v) is 2.32. The monoisotopic (exact) mass is 272 g/mol. The molecule has 0 aliphatic carbocycles. The van der Waals surface area contributed by atoms with Gasteiger partial charge in [0.15, 0.2) is 0 Å². The second kappa shape index (κ2) is 7.22. The molecule has 1 heterocycles. The fraction of sp³-hybridized carbons (Fsp3) is 0.929. The van der Waals surface area contributed by atoms with Crippen LogP contribution in [0.3, 0.4) is 0 Å². The average molecular weight is 272 g/mol. The average Bonchev–Trinajstić information content (AvgIpc) is 2.37. The molecule has 0 amide bonds. The van der Waals surface area contributed by atoms with Gasteiger partial charge in [-0.05, 0) is 40.2 Å². The van der Waals surface area contributed by atoms with Crippen LogP contribution in [0.15, 0.2) is 0 Å². The van der Waals surface area contributed by atoms with E-state index in [9.17, 15) is 9.90 Å². The van der Waals surface area contributed by atoms with E-state index in [4.69, 9.17) is 4.74 Å². The largest absolute Gasteiger partial charge is 0.480 e. The van der Waals surface area contributed by atoms with Gasteiger partial charge in [-0.1, -0.05) is 6.92 Å². The Hall–Kier alpha value is -0.650. The van der Waals surface area contributed by atoms with Crippen molar-refractivity contribution in [3.05, 3.63) is 0 Å². The summed E-state index contributed by atoms with van der Waals surface area (Å²) in [6.45, 7) is 11.1. The first kappa shape index (κ1) is 16.4. The molecule has 112 valence electrons. The number of aliphatic carboxylic acids is 1. The van der Waals surface area contributed by atoms with Gasteiger partial charge < -0.3 is 15.2 Å². The van der Waals surface area contributed by atoms with E-state index in [0.29, 0.717) is 12.5 Å². The van der Waals surface area contributed by atoms with Crippen LogP contribution < -0.4 is 5.32 Å². The van der Waals surface area contributed by atoms with E-state index in [0.717, 1.165) is 32.7 Å². The van der Waals surface area contributed by atoms with Crippen LogP contribution in [0.25, 0.3) is 0 Å². The molecule has 0 aromatic carbocycles. The Morgan fingerprint density at radius 2 is 2.21 bits per heavy atom. The minimum atomic E-state index is -0.836. The molecule has 0 aromatic heterocycles. The first-order valence-corrected chi connectivity index (χ1v) is 7.23. The molecule has 1 aliphatic rings. The van der Waals surface area contributed by atoms with Gasteiger partial charge in [0.25, 0.3) is 0 Å². The normalized spacial score (nSPS) is 28.0. The van der Waals surface area contributed by atoms with Gasteiger partial charge in [0, 0.05) is 19.1 Å². The van der Waals surface area contributed by atoms with Crippen molar-refractivity contribution in [1.29, 1.82) is 0 Å². The highest BCUT2D eigenvalue weighted by Gasteiger charge is 2.34. The van der Waals surface area contributed by atoms with Gasteiger partial charge in [-0.15, -0.1) is 0 Å². The quantitative estimate of drug-likeness (QED) is 0.732. The maximum Gasteiger partial charge on any atom is 0.323 e. The maximum absolute atomic E-state index is 11.4. The van der Waals surface area contributed by atoms with Gasteiger partial charge in [-0.25, -0.2) is 0 Å². The van der Waals surface area contributed by atoms with E-state index in [1.54, 1.807) is 6.92 Å². The third-order valence-corrected chi connectivity index (χ3v) is 3.87. The Morgan fingerprint density at radius 3 is 2.79 bits per heavy atom. The van der Waals surface area contributed by atoms with E-state index in [-0.39, 0.29) is 6.10 Å². The number of carboxylic acids is 1. The van der Waals surface area contributed by atoms with Crippen molar-refractivity contribution in [1.82, 2.24) is 10.2 Å². The lowest BCUT2D eigenvalue weighted by Crippen LogP contribution is -2.54. The number of hydrogen-bond acceptors (Lipinski definition) is 4. The molecule has 2 N–H and O–H groups in total. The number of nitrogens with zero attached hydrogens (tertiary/aromatic N) is 1. The van der Waals surface area contributed by atoms with Gasteiger partial charge in [0.1, 0.15) is 5.54 Å². The summed E-state index contributed by atoms with van der Waals surface area (Å²) in [5.74, 6) is -0.769. The molecule has 1 rings (SSSR count). The molecule has 0 spiro atoms. The minimum Gasteiger partial charge on any atom is -0.480 e. The summed E-state index contributed by atoms with van der Waals surface area (Å²) in [4.78, 5) is 13.8. The first-order valence-electron chi connectivity index (χ1n) is 7.23. The van der Waals surface area contributed by atoms with E-state index in [1.165, 1.54) is 0 Å². The smallest absolute Gasteiger partial charge is 0.323 e. The topological polar surface area (TPSA) is 61.8 Å². The summed E-state index contributed by atoms with van der Waals surface area (Å²) in [5.41, 5.74) is -0.836. The molecule has 5 nitrogen and oxygen atoms in total. The summed E-state index contributed by atoms with van der Waals surface area (Å²) in [6, 6.07) is 0.362. The molecule has 19 heavy (non-hydrogen) atoms. The molecule has 0 saturated carbocycles. The molecular weight excluding hydrogens is 244 g/mol. The standard InChI is InChI=1S/C14H28N2O3/c1-5-7-15-14(4,13(17)18)6-8-16-9-12(3)19-10-11(16)2/h11-12,15H,5-10H2,1-4H3,(H,17,18). The van der Waals surface area contributed by atoms with E-state index < -0.39 is 11.5 Å². The zero-order valence-electron chi connectivity index (χ0n) is 12.6. The molecule has 1 fully saturated rings. The molecule has 0 bridgehead atoms. The van der Waals surface area contributed by atoms with Crippen molar-refractivity contribution < 1.29 is 14.6 Å². The van der Waals surface area contributed by atoms with Crippen molar-refractivity contribution >= 4 is 5.97 Å². The van der Waals surface area contributed by atoms with Gasteiger partial charge in [-0.3, -0.25) is 9.69 Å². The maximum atomic E-state index is 11.4. The van der Waals surface area contributed by atoms with Crippen molar-refractivity contribution in [2.24, 2.45) is 0 Å². The number of carbonyl (C=O) groups is 1. The Kier molecular flexibility index (Phi) is 6.23. The van der Waals surface area contributed by atoms with E-state index >= 15 is 0 Å². The van der Waals surface area contributed by atoms with Crippen LogP contribution in [0.1, 0.15) is 40.5 Å². The van der Waals surface area contributed by atoms with Crippen LogP contribution in [-0.4, -0.2) is 59.9 Å². The number of nitrogens with one attached hydrogen (secondary N) is 1. The zero-order chi connectivity index (χ0) is 14.5. The lowest BCUT2D eigenvalue weighted by molar-refractivity contribution is -0.145. The van der Waals surface area contributed by atoms with Gasteiger partial charge in [-0.2, -0.15) is 0 Å². The Balaban J connectivity index is 2.53. The molecule has 3 unspecified atom stereocenters. The second-order valence-corrected chi connectivity index (χ2v) is 5.80. The van der Waals surface area contributed by atoms with Gasteiger partial charge in [0.2, 0.25) is 0 Å². The molecule has 0 aromatic rings. The van der Waals surface area contributed by atoms with E-state index in [2.05, 4.69) is 24.1 Å². The second-order valence-electron chi connectivity index (χ2n) is 5.80. The van der Waals surface area contributed by atoms with Crippen LogP contribution in [0.2, 0.25) is 0 Å². The van der Waals surface area contributed by atoms with Crippen LogP contribution in [0.5, 0.6) is 0 Å². The molecule has 3 atom stereocenters. The van der Waals surface area contributed by atoms with Crippen LogP contribution in [0, 0.1) is 0 Å². The summed E-state index contributed by atoms with van der Waals surface area (Å²) >= 11 is 0. The highest BCUT2D eigenvalue weighted by molar-refractivity contribution is 5.78. The van der Waals surface area contributed by atoms with Gasteiger partial charge >= 0.3 is 5.97 Å². The Labute approximate surface area is 116 Å².